The Hall–Kier alpha value is -3.55. The Morgan fingerprint density at radius 3 is 2.61 bits per heavy atom. The zero-order valence-corrected chi connectivity index (χ0v) is 15.2. The molecule has 28 heavy (non-hydrogen) atoms. The number of hydrogen-bond donors (Lipinski definition) is 1. The Kier molecular flexibility index (Phi) is 6.46. The molecule has 2 aromatic heterocycles. The fourth-order valence-corrected chi connectivity index (χ4v) is 2.31. The highest BCUT2D eigenvalue weighted by Gasteiger charge is 2.15. The number of para-hydroxylation sites is 1. The highest BCUT2D eigenvalue weighted by Crippen LogP contribution is 2.17. The van der Waals surface area contributed by atoms with Crippen LogP contribution < -0.4 is 14.8 Å². The van der Waals surface area contributed by atoms with Gasteiger partial charge in [0.2, 0.25) is 5.88 Å². The molecule has 3 rings (SSSR count). The van der Waals surface area contributed by atoms with E-state index in [4.69, 9.17) is 9.47 Å². The first-order chi connectivity index (χ1) is 13.6. The standard InChI is InChI=1S/C20H19FN4O3/c1-14(28-18-8-3-2-6-15(18)21)20(26)23-12-13-27-19-10-9-17(24-25-19)16-7-4-5-11-22-16/h2-11,14H,12-13H2,1H3,(H,23,26). The lowest BCUT2D eigenvalue weighted by Crippen LogP contribution is -2.38. The second-order valence-electron chi connectivity index (χ2n) is 5.80. The van der Waals surface area contributed by atoms with Crippen LogP contribution in [0.4, 0.5) is 4.39 Å². The van der Waals surface area contributed by atoms with E-state index >= 15 is 0 Å². The predicted octanol–water partition coefficient (Wildman–Crippen LogP) is 2.64. The number of carbonyl (C=O) groups is 1. The van der Waals surface area contributed by atoms with Gasteiger partial charge in [-0.2, -0.15) is 0 Å². The molecular weight excluding hydrogens is 363 g/mol. The summed E-state index contributed by atoms with van der Waals surface area (Å²) in [7, 11) is 0. The van der Waals surface area contributed by atoms with Gasteiger partial charge in [0.15, 0.2) is 17.7 Å². The van der Waals surface area contributed by atoms with Gasteiger partial charge in [0, 0.05) is 12.3 Å². The van der Waals surface area contributed by atoms with Crippen molar-refractivity contribution in [1.29, 1.82) is 0 Å². The molecule has 7 nitrogen and oxygen atoms in total. The highest BCUT2D eigenvalue weighted by molar-refractivity contribution is 5.80. The molecule has 1 atom stereocenters. The molecule has 0 aliphatic carbocycles. The van der Waals surface area contributed by atoms with Gasteiger partial charge >= 0.3 is 0 Å². The summed E-state index contributed by atoms with van der Waals surface area (Å²) in [6.45, 7) is 1.99. The first-order valence-electron chi connectivity index (χ1n) is 8.70. The summed E-state index contributed by atoms with van der Waals surface area (Å²) in [4.78, 5) is 16.2. The highest BCUT2D eigenvalue weighted by atomic mass is 19.1. The topological polar surface area (TPSA) is 86.2 Å². The van der Waals surface area contributed by atoms with Gasteiger partial charge in [-0.15, -0.1) is 10.2 Å². The average molecular weight is 382 g/mol. The molecule has 0 radical (unpaired) electrons. The quantitative estimate of drug-likeness (QED) is 0.603. The fraction of sp³-hybridized carbons (Fsp3) is 0.200. The summed E-state index contributed by atoms with van der Waals surface area (Å²) < 4.78 is 24.3. The third-order valence-electron chi connectivity index (χ3n) is 3.73. The van der Waals surface area contributed by atoms with Gasteiger partial charge < -0.3 is 14.8 Å². The summed E-state index contributed by atoms with van der Waals surface area (Å²) in [5, 5.41) is 10.7. The van der Waals surface area contributed by atoms with E-state index < -0.39 is 11.9 Å². The van der Waals surface area contributed by atoms with Crippen LogP contribution in [-0.2, 0) is 4.79 Å². The predicted molar refractivity (Wildman–Crippen MR) is 100 cm³/mol. The fourth-order valence-electron chi connectivity index (χ4n) is 2.31. The van der Waals surface area contributed by atoms with E-state index in [1.54, 1.807) is 37.4 Å². The number of hydrogen-bond acceptors (Lipinski definition) is 6. The Labute approximate surface area is 161 Å². The minimum Gasteiger partial charge on any atom is -0.478 e. The molecule has 0 spiro atoms. The maximum Gasteiger partial charge on any atom is 0.260 e. The number of halogens is 1. The van der Waals surface area contributed by atoms with Crippen molar-refractivity contribution in [3.05, 3.63) is 66.6 Å². The van der Waals surface area contributed by atoms with Crippen LogP contribution in [0.2, 0.25) is 0 Å². The molecule has 0 fully saturated rings. The first-order valence-corrected chi connectivity index (χ1v) is 8.70. The van der Waals surface area contributed by atoms with Crippen molar-refractivity contribution in [3.63, 3.8) is 0 Å². The summed E-state index contributed by atoms with van der Waals surface area (Å²) in [5.74, 6) is -0.518. The van der Waals surface area contributed by atoms with Gasteiger partial charge in [0.25, 0.3) is 5.91 Å². The minimum absolute atomic E-state index is 0.0321. The number of ether oxygens (including phenoxy) is 2. The van der Waals surface area contributed by atoms with Crippen LogP contribution in [0, 0.1) is 5.82 Å². The van der Waals surface area contributed by atoms with Crippen LogP contribution in [-0.4, -0.2) is 40.3 Å². The molecule has 0 saturated carbocycles. The minimum atomic E-state index is -0.839. The molecular formula is C20H19FN4O3. The lowest BCUT2D eigenvalue weighted by molar-refractivity contribution is -0.127. The Balaban J connectivity index is 1.41. The molecule has 1 aromatic carbocycles. The molecule has 0 aliphatic heterocycles. The van der Waals surface area contributed by atoms with E-state index in [1.807, 2.05) is 18.2 Å². The zero-order chi connectivity index (χ0) is 19.8. The molecule has 0 aliphatic rings. The maximum absolute atomic E-state index is 13.6. The molecule has 1 amide bonds. The summed E-state index contributed by atoms with van der Waals surface area (Å²) in [6.07, 6.45) is 0.843. The number of aromatic nitrogens is 3. The molecule has 1 N–H and O–H groups in total. The second-order valence-corrected chi connectivity index (χ2v) is 5.80. The maximum atomic E-state index is 13.6. The summed E-state index contributed by atoms with van der Waals surface area (Å²) in [6, 6.07) is 14.9. The molecule has 0 bridgehead atoms. The monoisotopic (exact) mass is 382 g/mol. The Bertz CT molecular complexity index is 907. The number of benzene rings is 1. The molecule has 8 heteroatoms. The molecule has 1 unspecified atom stereocenters. The molecule has 0 saturated heterocycles. The normalized spacial score (nSPS) is 11.5. The lowest BCUT2D eigenvalue weighted by atomic mass is 10.2. The van der Waals surface area contributed by atoms with E-state index in [-0.39, 0.29) is 24.8 Å². The summed E-state index contributed by atoms with van der Waals surface area (Å²) in [5.41, 5.74) is 1.36. The number of nitrogens with zero attached hydrogens (tertiary/aromatic N) is 3. The average Bonchev–Trinajstić information content (AvgIpc) is 2.73. The largest absolute Gasteiger partial charge is 0.478 e. The van der Waals surface area contributed by atoms with E-state index in [0.29, 0.717) is 11.6 Å². The lowest BCUT2D eigenvalue weighted by Gasteiger charge is -2.15. The number of amides is 1. The van der Waals surface area contributed by atoms with Gasteiger partial charge in [0.1, 0.15) is 12.3 Å². The van der Waals surface area contributed by atoms with Gasteiger partial charge in [-0.3, -0.25) is 9.78 Å². The zero-order valence-electron chi connectivity index (χ0n) is 15.2. The Morgan fingerprint density at radius 2 is 1.89 bits per heavy atom. The van der Waals surface area contributed by atoms with Crippen molar-refractivity contribution in [2.24, 2.45) is 0 Å². The van der Waals surface area contributed by atoms with Crippen molar-refractivity contribution in [1.82, 2.24) is 20.5 Å². The summed E-state index contributed by atoms with van der Waals surface area (Å²) >= 11 is 0. The van der Waals surface area contributed by atoms with E-state index in [0.717, 1.165) is 5.69 Å². The number of rotatable bonds is 8. The first kappa shape index (κ1) is 19.2. The number of pyridine rings is 1. The molecule has 2 heterocycles. The van der Waals surface area contributed by atoms with Crippen LogP contribution in [0.3, 0.4) is 0 Å². The van der Waals surface area contributed by atoms with Crippen molar-refractivity contribution < 1.29 is 18.7 Å². The van der Waals surface area contributed by atoms with Gasteiger partial charge in [0.05, 0.1) is 12.2 Å². The third-order valence-corrected chi connectivity index (χ3v) is 3.73. The number of nitrogens with one attached hydrogen (secondary N) is 1. The smallest absolute Gasteiger partial charge is 0.260 e. The van der Waals surface area contributed by atoms with Crippen molar-refractivity contribution in [3.8, 4) is 23.0 Å². The van der Waals surface area contributed by atoms with Crippen molar-refractivity contribution >= 4 is 5.91 Å². The SMILES string of the molecule is CC(Oc1ccccc1F)C(=O)NCCOc1ccc(-c2ccccn2)nn1. The van der Waals surface area contributed by atoms with Crippen LogP contribution in [0.15, 0.2) is 60.8 Å². The van der Waals surface area contributed by atoms with Crippen LogP contribution in [0.1, 0.15) is 6.92 Å². The third kappa shape index (κ3) is 5.23. The molecule has 3 aromatic rings. The van der Waals surface area contributed by atoms with Crippen LogP contribution >= 0.6 is 0 Å². The van der Waals surface area contributed by atoms with Crippen LogP contribution in [0.25, 0.3) is 11.4 Å². The van der Waals surface area contributed by atoms with Gasteiger partial charge in [-0.25, -0.2) is 4.39 Å². The number of carbonyl (C=O) groups excluding carboxylic acids is 1. The van der Waals surface area contributed by atoms with E-state index in [9.17, 15) is 9.18 Å². The molecule has 144 valence electrons. The van der Waals surface area contributed by atoms with Crippen molar-refractivity contribution in [2.75, 3.05) is 13.2 Å². The van der Waals surface area contributed by atoms with Gasteiger partial charge in [-0.1, -0.05) is 18.2 Å². The van der Waals surface area contributed by atoms with Crippen molar-refractivity contribution in [2.45, 2.75) is 13.0 Å². The Morgan fingerprint density at radius 1 is 1.07 bits per heavy atom. The van der Waals surface area contributed by atoms with E-state index in [1.165, 1.54) is 12.1 Å². The van der Waals surface area contributed by atoms with Crippen LogP contribution in [0.5, 0.6) is 11.6 Å². The second kappa shape index (κ2) is 9.40. The van der Waals surface area contributed by atoms with Gasteiger partial charge in [-0.05, 0) is 37.3 Å². The van der Waals surface area contributed by atoms with E-state index in [2.05, 4.69) is 20.5 Å².